The number of rotatable bonds is 4. The highest BCUT2D eigenvalue weighted by molar-refractivity contribution is 6.00. The van der Waals surface area contributed by atoms with Gasteiger partial charge in [-0.3, -0.25) is 10.1 Å². The maximum atomic E-state index is 11.9. The SMILES string of the molecule is Cc1cccc(N2CCN(c3cc(N4CCCC4)c([N+](=O)[O-])c4nonc34)CC2)c1C. The molecule has 0 aliphatic carbocycles. The molecule has 5 rings (SSSR count). The minimum Gasteiger partial charge on any atom is -0.368 e. The van der Waals surface area contributed by atoms with Crippen molar-refractivity contribution < 1.29 is 9.55 Å². The number of fused-ring (bicyclic) bond motifs is 1. The fourth-order valence-corrected chi connectivity index (χ4v) is 4.79. The van der Waals surface area contributed by atoms with E-state index in [1.807, 2.05) is 6.07 Å². The predicted molar refractivity (Wildman–Crippen MR) is 120 cm³/mol. The normalized spacial score (nSPS) is 17.0. The van der Waals surface area contributed by atoms with Gasteiger partial charge in [0.2, 0.25) is 5.52 Å². The van der Waals surface area contributed by atoms with Crippen molar-refractivity contribution in [2.75, 3.05) is 54.0 Å². The Morgan fingerprint density at radius 3 is 2.16 bits per heavy atom. The average Bonchev–Trinajstić information content (AvgIpc) is 3.47. The smallest absolute Gasteiger partial charge is 0.323 e. The number of aryl methyl sites for hydroxylation is 1. The van der Waals surface area contributed by atoms with Crippen LogP contribution in [-0.4, -0.2) is 54.5 Å². The van der Waals surface area contributed by atoms with Crippen LogP contribution in [0, 0.1) is 24.0 Å². The predicted octanol–water partition coefficient (Wildman–Crippen LogP) is 3.67. The summed E-state index contributed by atoms with van der Waals surface area (Å²) in [6.07, 6.45) is 2.08. The molecule has 0 N–H and O–H groups in total. The topological polar surface area (TPSA) is 91.8 Å². The number of aromatic nitrogens is 2. The van der Waals surface area contributed by atoms with Crippen molar-refractivity contribution in [1.82, 2.24) is 10.3 Å². The van der Waals surface area contributed by atoms with Crippen LogP contribution >= 0.6 is 0 Å². The van der Waals surface area contributed by atoms with Gasteiger partial charge in [-0.05, 0) is 60.3 Å². The number of anilines is 3. The second-order valence-electron chi connectivity index (χ2n) is 8.37. The summed E-state index contributed by atoms with van der Waals surface area (Å²) in [4.78, 5) is 18.3. The lowest BCUT2D eigenvalue weighted by Crippen LogP contribution is -2.47. The Labute approximate surface area is 180 Å². The van der Waals surface area contributed by atoms with Crippen LogP contribution in [0.3, 0.4) is 0 Å². The number of hydrogen-bond acceptors (Lipinski definition) is 8. The molecule has 0 spiro atoms. The molecule has 0 bridgehead atoms. The van der Waals surface area contributed by atoms with E-state index in [0.29, 0.717) is 11.2 Å². The van der Waals surface area contributed by atoms with Crippen LogP contribution in [0.5, 0.6) is 0 Å². The summed E-state index contributed by atoms with van der Waals surface area (Å²) >= 11 is 0. The van der Waals surface area contributed by atoms with Gasteiger partial charge in [0, 0.05) is 45.0 Å². The number of nitro benzene ring substituents is 1. The van der Waals surface area contributed by atoms with Crippen LogP contribution in [0.2, 0.25) is 0 Å². The summed E-state index contributed by atoms with van der Waals surface area (Å²) < 4.78 is 4.96. The lowest BCUT2D eigenvalue weighted by Gasteiger charge is -2.38. The Kier molecular flexibility index (Phi) is 4.88. The van der Waals surface area contributed by atoms with E-state index in [4.69, 9.17) is 4.63 Å². The Hall–Kier alpha value is -3.36. The molecule has 0 saturated carbocycles. The van der Waals surface area contributed by atoms with Crippen LogP contribution in [0.4, 0.5) is 22.7 Å². The van der Waals surface area contributed by atoms with Gasteiger partial charge in [0.15, 0.2) is 5.52 Å². The largest absolute Gasteiger partial charge is 0.368 e. The number of nitro groups is 1. The highest BCUT2D eigenvalue weighted by atomic mass is 16.6. The van der Waals surface area contributed by atoms with Gasteiger partial charge >= 0.3 is 5.69 Å². The monoisotopic (exact) mass is 422 g/mol. The lowest BCUT2D eigenvalue weighted by atomic mass is 10.1. The van der Waals surface area contributed by atoms with Crippen molar-refractivity contribution in [3.63, 3.8) is 0 Å². The minimum absolute atomic E-state index is 0.00378. The Balaban J connectivity index is 1.48. The zero-order valence-corrected chi connectivity index (χ0v) is 17.9. The number of nitrogens with zero attached hydrogens (tertiary/aromatic N) is 6. The molecular weight excluding hydrogens is 396 g/mol. The molecular formula is C22H26N6O3. The molecule has 9 heteroatoms. The lowest BCUT2D eigenvalue weighted by molar-refractivity contribution is -0.382. The van der Waals surface area contributed by atoms with E-state index >= 15 is 0 Å². The van der Waals surface area contributed by atoms with Crippen molar-refractivity contribution in [2.45, 2.75) is 26.7 Å². The van der Waals surface area contributed by atoms with E-state index in [1.165, 1.54) is 16.8 Å². The molecule has 2 fully saturated rings. The van der Waals surface area contributed by atoms with Crippen LogP contribution in [-0.2, 0) is 0 Å². The molecule has 162 valence electrons. The molecule has 2 aliphatic heterocycles. The van der Waals surface area contributed by atoms with Crippen molar-refractivity contribution in [1.29, 1.82) is 0 Å². The average molecular weight is 422 g/mol. The molecule has 3 heterocycles. The van der Waals surface area contributed by atoms with Gasteiger partial charge in [-0.2, -0.15) is 0 Å². The van der Waals surface area contributed by atoms with E-state index in [-0.39, 0.29) is 16.1 Å². The number of piperazine rings is 1. The Bertz CT molecular complexity index is 1130. The second-order valence-corrected chi connectivity index (χ2v) is 8.37. The second kappa shape index (κ2) is 7.72. The summed E-state index contributed by atoms with van der Waals surface area (Å²) in [5.41, 5.74) is 6.06. The van der Waals surface area contributed by atoms with Crippen LogP contribution in [0.25, 0.3) is 11.0 Å². The van der Waals surface area contributed by atoms with Gasteiger partial charge in [-0.25, -0.2) is 4.63 Å². The molecule has 2 aliphatic rings. The first kappa shape index (κ1) is 19.6. The van der Waals surface area contributed by atoms with Crippen LogP contribution in [0.15, 0.2) is 28.9 Å². The summed E-state index contributed by atoms with van der Waals surface area (Å²) in [6.45, 7) is 9.27. The fourth-order valence-electron chi connectivity index (χ4n) is 4.79. The summed E-state index contributed by atoms with van der Waals surface area (Å²) in [7, 11) is 0. The Morgan fingerprint density at radius 1 is 0.871 bits per heavy atom. The zero-order chi connectivity index (χ0) is 21.5. The van der Waals surface area contributed by atoms with Crippen molar-refractivity contribution in [3.8, 4) is 0 Å². The van der Waals surface area contributed by atoms with Crippen molar-refractivity contribution in [3.05, 3.63) is 45.5 Å². The van der Waals surface area contributed by atoms with E-state index in [2.05, 4.69) is 57.1 Å². The number of benzene rings is 2. The van der Waals surface area contributed by atoms with Gasteiger partial charge in [-0.15, -0.1) is 0 Å². The first-order valence-electron chi connectivity index (χ1n) is 10.8. The van der Waals surface area contributed by atoms with Crippen molar-refractivity contribution in [2.24, 2.45) is 0 Å². The zero-order valence-electron chi connectivity index (χ0n) is 17.9. The van der Waals surface area contributed by atoms with E-state index in [0.717, 1.165) is 57.8 Å². The summed E-state index contributed by atoms with van der Waals surface area (Å²) in [5.74, 6) is 0. The van der Waals surface area contributed by atoms with E-state index in [9.17, 15) is 10.1 Å². The third kappa shape index (κ3) is 3.34. The highest BCUT2D eigenvalue weighted by Crippen LogP contribution is 2.41. The molecule has 0 radical (unpaired) electrons. The first-order valence-corrected chi connectivity index (χ1v) is 10.8. The fraction of sp³-hybridized carbons (Fsp3) is 0.455. The summed E-state index contributed by atoms with van der Waals surface area (Å²) in [6, 6.07) is 8.34. The maximum Gasteiger partial charge on any atom is 0.323 e. The third-order valence-electron chi connectivity index (χ3n) is 6.64. The van der Waals surface area contributed by atoms with E-state index < -0.39 is 0 Å². The molecule has 0 atom stereocenters. The van der Waals surface area contributed by atoms with Gasteiger partial charge in [0.05, 0.1) is 10.6 Å². The quantitative estimate of drug-likeness (QED) is 0.464. The van der Waals surface area contributed by atoms with Gasteiger partial charge < -0.3 is 14.7 Å². The summed E-state index contributed by atoms with van der Waals surface area (Å²) in [5, 5.41) is 19.8. The highest BCUT2D eigenvalue weighted by Gasteiger charge is 2.32. The van der Waals surface area contributed by atoms with Gasteiger partial charge in [-0.1, -0.05) is 12.1 Å². The molecule has 0 amide bonds. The first-order chi connectivity index (χ1) is 15.0. The van der Waals surface area contributed by atoms with Crippen molar-refractivity contribution >= 4 is 33.8 Å². The molecule has 3 aromatic rings. The Morgan fingerprint density at radius 2 is 1.48 bits per heavy atom. The standard InChI is InChI=1S/C22H26N6O3/c1-15-6-5-7-17(16(15)2)26-10-12-27(13-11-26)18-14-19(25-8-3-4-9-25)22(28(29)30)21-20(18)23-31-24-21/h5-7,14H,3-4,8-13H2,1-2H3. The van der Waals surface area contributed by atoms with E-state index in [1.54, 1.807) is 0 Å². The van der Waals surface area contributed by atoms with Crippen LogP contribution in [0.1, 0.15) is 24.0 Å². The van der Waals surface area contributed by atoms with Gasteiger partial charge in [0.1, 0.15) is 5.69 Å². The third-order valence-corrected chi connectivity index (χ3v) is 6.64. The van der Waals surface area contributed by atoms with Gasteiger partial charge in [0.25, 0.3) is 0 Å². The maximum absolute atomic E-state index is 11.9. The minimum atomic E-state index is -0.359. The number of hydrogen-bond donors (Lipinski definition) is 0. The molecule has 31 heavy (non-hydrogen) atoms. The molecule has 2 saturated heterocycles. The molecule has 2 aromatic carbocycles. The molecule has 9 nitrogen and oxygen atoms in total. The van der Waals surface area contributed by atoms with Crippen LogP contribution < -0.4 is 14.7 Å². The molecule has 1 aromatic heterocycles. The molecule has 0 unspecified atom stereocenters.